The standard InChI is InChI=1S/C21H26N4O3/c1-14-10-17(9-8-16(14)6-4-5-7-19(26)27)21(28)25-12-15(2)23-20-18(13-25)11-22-24(20)3/h8-11,23H,2,4-7,12-13H2,1,3H3,(H,26,27). The smallest absolute Gasteiger partial charge is 0.303 e. The molecule has 28 heavy (non-hydrogen) atoms. The molecule has 0 saturated carbocycles. The predicted octanol–water partition coefficient (Wildman–Crippen LogP) is 3.11. The molecule has 1 aromatic heterocycles. The molecule has 7 heteroatoms. The third kappa shape index (κ3) is 4.42. The van der Waals surface area contributed by atoms with E-state index in [0.29, 0.717) is 25.1 Å². The van der Waals surface area contributed by atoms with E-state index < -0.39 is 5.97 Å². The summed E-state index contributed by atoms with van der Waals surface area (Å²) in [5.41, 5.74) is 4.56. The van der Waals surface area contributed by atoms with Gasteiger partial charge in [0.15, 0.2) is 0 Å². The van der Waals surface area contributed by atoms with Gasteiger partial charge in [-0.05, 0) is 49.4 Å². The minimum absolute atomic E-state index is 0.0415. The first kappa shape index (κ1) is 19.7. The molecule has 0 unspecified atom stereocenters. The fourth-order valence-electron chi connectivity index (χ4n) is 3.49. The second-order valence-electron chi connectivity index (χ2n) is 7.27. The fraction of sp³-hybridized carbons (Fsp3) is 0.381. The molecule has 3 rings (SSSR count). The lowest BCUT2D eigenvalue weighted by molar-refractivity contribution is -0.137. The summed E-state index contributed by atoms with van der Waals surface area (Å²) >= 11 is 0. The number of amides is 1. The molecule has 2 aromatic rings. The maximum absolute atomic E-state index is 13.1. The zero-order chi connectivity index (χ0) is 20.3. The van der Waals surface area contributed by atoms with Gasteiger partial charge < -0.3 is 15.3 Å². The highest BCUT2D eigenvalue weighted by atomic mass is 16.4. The van der Waals surface area contributed by atoms with Gasteiger partial charge >= 0.3 is 5.97 Å². The Balaban J connectivity index is 1.71. The van der Waals surface area contributed by atoms with Crippen molar-refractivity contribution in [2.24, 2.45) is 7.05 Å². The monoisotopic (exact) mass is 382 g/mol. The summed E-state index contributed by atoms with van der Waals surface area (Å²) < 4.78 is 1.75. The number of carboxylic acids is 1. The number of anilines is 1. The van der Waals surface area contributed by atoms with E-state index in [1.54, 1.807) is 15.8 Å². The first-order chi connectivity index (χ1) is 13.3. The van der Waals surface area contributed by atoms with E-state index in [2.05, 4.69) is 17.0 Å². The van der Waals surface area contributed by atoms with Gasteiger partial charge in [-0.1, -0.05) is 12.6 Å². The Morgan fingerprint density at radius 2 is 2.07 bits per heavy atom. The van der Waals surface area contributed by atoms with Crippen LogP contribution in [0.1, 0.15) is 46.3 Å². The molecule has 0 fully saturated rings. The van der Waals surface area contributed by atoms with Crippen molar-refractivity contribution >= 4 is 17.7 Å². The van der Waals surface area contributed by atoms with Crippen LogP contribution in [-0.4, -0.2) is 38.2 Å². The number of hydrogen-bond donors (Lipinski definition) is 2. The zero-order valence-electron chi connectivity index (χ0n) is 16.4. The van der Waals surface area contributed by atoms with Crippen LogP contribution in [0.15, 0.2) is 36.7 Å². The van der Waals surface area contributed by atoms with Gasteiger partial charge in [0.05, 0.1) is 19.3 Å². The normalized spacial score (nSPS) is 13.6. The van der Waals surface area contributed by atoms with E-state index in [1.165, 1.54) is 0 Å². The molecule has 0 spiro atoms. The summed E-state index contributed by atoms with van der Waals surface area (Å²) in [4.78, 5) is 25.5. The average Bonchev–Trinajstić information content (AvgIpc) is 2.88. The molecule has 2 N–H and O–H groups in total. The lowest BCUT2D eigenvalue weighted by Gasteiger charge is -2.21. The number of nitrogens with zero attached hydrogens (tertiary/aromatic N) is 3. The van der Waals surface area contributed by atoms with Crippen LogP contribution >= 0.6 is 0 Å². The van der Waals surface area contributed by atoms with E-state index in [1.807, 2.05) is 32.2 Å². The van der Waals surface area contributed by atoms with Crippen molar-refractivity contribution in [1.29, 1.82) is 0 Å². The van der Waals surface area contributed by atoms with Crippen LogP contribution in [-0.2, 0) is 24.8 Å². The van der Waals surface area contributed by atoms with Gasteiger partial charge in [0.25, 0.3) is 5.91 Å². The van der Waals surface area contributed by atoms with Gasteiger partial charge in [-0.25, -0.2) is 0 Å². The molecule has 0 atom stereocenters. The van der Waals surface area contributed by atoms with Crippen LogP contribution in [0.4, 0.5) is 5.82 Å². The molecule has 2 heterocycles. The SMILES string of the molecule is C=C1CN(C(=O)c2ccc(CCCCC(=O)O)c(C)c2)Cc2cnn(C)c2N1. The second kappa shape index (κ2) is 8.29. The average molecular weight is 382 g/mol. The predicted molar refractivity (Wildman–Crippen MR) is 107 cm³/mol. The van der Waals surface area contributed by atoms with E-state index in [-0.39, 0.29) is 12.3 Å². The van der Waals surface area contributed by atoms with Gasteiger partial charge in [0, 0.05) is 30.3 Å². The van der Waals surface area contributed by atoms with E-state index in [4.69, 9.17) is 5.11 Å². The Bertz CT molecular complexity index is 916. The van der Waals surface area contributed by atoms with Crippen molar-refractivity contribution in [2.75, 3.05) is 11.9 Å². The van der Waals surface area contributed by atoms with Crippen LogP contribution in [0.2, 0.25) is 0 Å². The number of hydrogen-bond acceptors (Lipinski definition) is 4. The Morgan fingerprint density at radius 1 is 1.29 bits per heavy atom. The zero-order valence-corrected chi connectivity index (χ0v) is 16.4. The highest BCUT2D eigenvalue weighted by Crippen LogP contribution is 2.24. The van der Waals surface area contributed by atoms with Gasteiger partial charge in [0.2, 0.25) is 0 Å². The molecule has 7 nitrogen and oxygen atoms in total. The van der Waals surface area contributed by atoms with Crippen molar-refractivity contribution in [2.45, 2.75) is 39.2 Å². The molecular formula is C21H26N4O3. The number of aromatic nitrogens is 2. The third-order valence-electron chi connectivity index (χ3n) is 5.02. The van der Waals surface area contributed by atoms with Crippen LogP contribution in [0.25, 0.3) is 0 Å². The molecule has 0 aliphatic carbocycles. The number of carboxylic acid groups (broad SMARTS) is 1. The highest BCUT2D eigenvalue weighted by Gasteiger charge is 2.24. The Kier molecular flexibility index (Phi) is 5.82. The summed E-state index contributed by atoms with van der Waals surface area (Å²) in [7, 11) is 1.86. The van der Waals surface area contributed by atoms with Crippen molar-refractivity contribution < 1.29 is 14.7 Å². The molecule has 148 valence electrons. The summed E-state index contributed by atoms with van der Waals surface area (Å²) in [6.45, 7) is 6.92. The number of carbonyl (C=O) groups is 2. The quantitative estimate of drug-likeness (QED) is 0.750. The third-order valence-corrected chi connectivity index (χ3v) is 5.02. The van der Waals surface area contributed by atoms with Gasteiger partial charge in [0.1, 0.15) is 5.82 Å². The minimum atomic E-state index is -0.761. The summed E-state index contributed by atoms with van der Waals surface area (Å²) in [5, 5.41) is 16.2. The molecule has 1 aliphatic rings. The van der Waals surface area contributed by atoms with Crippen LogP contribution in [0.3, 0.4) is 0 Å². The number of carbonyl (C=O) groups excluding carboxylic acids is 1. The summed E-state index contributed by atoms with van der Waals surface area (Å²) in [6.07, 6.45) is 4.26. The minimum Gasteiger partial charge on any atom is -0.481 e. The van der Waals surface area contributed by atoms with Crippen molar-refractivity contribution in [3.8, 4) is 0 Å². The van der Waals surface area contributed by atoms with Gasteiger partial charge in [-0.2, -0.15) is 5.10 Å². The molecule has 1 aromatic carbocycles. The van der Waals surface area contributed by atoms with Gasteiger partial charge in [-0.3, -0.25) is 14.3 Å². The van der Waals surface area contributed by atoms with Gasteiger partial charge in [-0.15, -0.1) is 0 Å². The Labute approximate surface area is 164 Å². The van der Waals surface area contributed by atoms with Crippen LogP contribution < -0.4 is 5.32 Å². The number of nitrogens with one attached hydrogen (secondary N) is 1. The summed E-state index contributed by atoms with van der Waals surface area (Å²) in [6, 6.07) is 5.75. The number of benzene rings is 1. The lowest BCUT2D eigenvalue weighted by atomic mass is 9.99. The number of aliphatic carboxylic acids is 1. The first-order valence-electron chi connectivity index (χ1n) is 9.41. The van der Waals surface area contributed by atoms with Crippen LogP contribution in [0.5, 0.6) is 0 Å². The molecule has 0 bridgehead atoms. The van der Waals surface area contributed by atoms with E-state index >= 15 is 0 Å². The molecule has 0 saturated heterocycles. The van der Waals surface area contributed by atoms with Crippen molar-refractivity contribution in [3.05, 3.63) is 58.9 Å². The summed E-state index contributed by atoms with van der Waals surface area (Å²) in [5.74, 6) is 0.0661. The molecule has 1 aliphatic heterocycles. The number of rotatable bonds is 6. The maximum atomic E-state index is 13.1. The van der Waals surface area contributed by atoms with E-state index in [9.17, 15) is 9.59 Å². The molecular weight excluding hydrogens is 356 g/mol. The first-order valence-corrected chi connectivity index (χ1v) is 9.41. The maximum Gasteiger partial charge on any atom is 0.303 e. The fourth-order valence-corrected chi connectivity index (χ4v) is 3.49. The van der Waals surface area contributed by atoms with E-state index in [0.717, 1.165) is 41.0 Å². The Morgan fingerprint density at radius 3 is 2.79 bits per heavy atom. The molecule has 0 radical (unpaired) electrons. The number of unbranched alkanes of at least 4 members (excludes halogenated alkanes) is 1. The lowest BCUT2D eigenvalue weighted by Crippen LogP contribution is -2.31. The second-order valence-corrected chi connectivity index (χ2v) is 7.27. The van der Waals surface area contributed by atoms with Crippen molar-refractivity contribution in [3.63, 3.8) is 0 Å². The topological polar surface area (TPSA) is 87.5 Å². The largest absolute Gasteiger partial charge is 0.481 e. The highest BCUT2D eigenvalue weighted by molar-refractivity contribution is 5.95. The number of fused-ring (bicyclic) bond motifs is 1. The van der Waals surface area contributed by atoms with Crippen molar-refractivity contribution in [1.82, 2.24) is 14.7 Å². The Hall–Kier alpha value is -3.09. The molecule has 1 amide bonds. The van der Waals surface area contributed by atoms with Crippen LogP contribution in [0, 0.1) is 6.92 Å². The number of aryl methyl sites for hydroxylation is 3.